The second-order valence-electron chi connectivity index (χ2n) is 11.0. The first-order valence-electron chi connectivity index (χ1n) is 14.1. The maximum absolute atomic E-state index is 13.6. The van der Waals surface area contributed by atoms with Crippen molar-refractivity contribution in [1.82, 2.24) is 10.6 Å². The number of allylic oxidation sites excluding steroid dienone is 4. The van der Waals surface area contributed by atoms with Crippen LogP contribution in [0.1, 0.15) is 47.0 Å². The number of nitrogens with two attached hydrogens (primary N) is 1. The third kappa shape index (κ3) is 9.20. The first-order chi connectivity index (χ1) is 19.8. The van der Waals surface area contributed by atoms with Crippen molar-refractivity contribution in [2.75, 3.05) is 20.8 Å². The van der Waals surface area contributed by atoms with Gasteiger partial charge in [-0.05, 0) is 32.6 Å². The van der Waals surface area contributed by atoms with Gasteiger partial charge in [0.2, 0.25) is 17.5 Å². The molecule has 42 heavy (non-hydrogen) atoms. The molecule has 0 aromatic carbocycles. The number of Topliss-reactive ketones (excluding diaryl/α,β-unsaturated/α-hetero) is 1. The molecule has 2 bridgehead atoms. The predicted octanol–water partition coefficient (Wildman–Crippen LogP) is 2.57. The SMILES string of the molecule is C=CCNC1=C2CC(C)CC(OC)C(O)C(C)/C=C(\C)C(CC(N)=O)C(OC)/C=C\C=C(/C)C(=O)NC(=CC1=O)C2=O. The quantitative estimate of drug-likeness (QED) is 0.263. The Hall–Kier alpha value is -3.60. The highest BCUT2D eigenvalue weighted by Crippen LogP contribution is 2.29. The molecule has 230 valence electrons. The minimum absolute atomic E-state index is 0.0174. The summed E-state index contributed by atoms with van der Waals surface area (Å²) in [7, 11) is 3.02. The van der Waals surface area contributed by atoms with E-state index in [2.05, 4.69) is 17.2 Å². The van der Waals surface area contributed by atoms with Crippen LogP contribution in [-0.2, 0) is 28.7 Å². The highest BCUT2D eigenvalue weighted by molar-refractivity contribution is 6.23. The Morgan fingerprint density at radius 1 is 1.21 bits per heavy atom. The van der Waals surface area contributed by atoms with E-state index in [1.807, 2.05) is 26.8 Å². The zero-order chi connectivity index (χ0) is 31.6. The monoisotopic (exact) mass is 583 g/mol. The van der Waals surface area contributed by atoms with Gasteiger partial charge in [-0.1, -0.05) is 49.8 Å². The number of amides is 2. The van der Waals surface area contributed by atoms with Gasteiger partial charge in [0.1, 0.15) is 0 Å². The summed E-state index contributed by atoms with van der Waals surface area (Å²) < 4.78 is 11.3. The van der Waals surface area contributed by atoms with E-state index in [0.717, 1.165) is 11.6 Å². The van der Waals surface area contributed by atoms with Crippen LogP contribution in [0.5, 0.6) is 0 Å². The van der Waals surface area contributed by atoms with Crippen LogP contribution in [0.4, 0.5) is 0 Å². The van der Waals surface area contributed by atoms with Gasteiger partial charge in [-0.15, -0.1) is 6.58 Å². The number of ketones is 2. The molecule has 0 aromatic rings. The summed E-state index contributed by atoms with van der Waals surface area (Å²) >= 11 is 0. The second-order valence-corrected chi connectivity index (χ2v) is 11.0. The number of hydrogen-bond donors (Lipinski definition) is 4. The summed E-state index contributed by atoms with van der Waals surface area (Å²) in [5.41, 5.74) is 6.96. The largest absolute Gasteiger partial charge is 0.390 e. The number of ether oxygens (including phenoxy) is 2. The molecule has 0 saturated carbocycles. The van der Waals surface area contributed by atoms with Gasteiger partial charge in [-0.2, -0.15) is 0 Å². The molecule has 5 N–H and O–H groups in total. The Bertz CT molecular complexity index is 1210. The van der Waals surface area contributed by atoms with Gasteiger partial charge in [0.05, 0.1) is 29.7 Å². The normalized spacial score (nSPS) is 31.7. The number of carbonyl (C=O) groups excluding carboxylic acids is 4. The molecule has 6 atom stereocenters. The Morgan fingerprint density at radius 3 is 2.50 bits per heavy atom. The molecule has 0 saturated heterocycles. The third-order valence-electron chi connectivity index (χ3n) is 7.63. The maximum Gasteiger partial charge on any atom is 0.251 e. The van der Waals surface area contributed by atoms with E-state index in [0.29, 0.717) is 6.42 Å². The lowest BCUT2D eigenvalue weighted by atomic mass is 9.84. The van der Waals surface area contributed by atoms with Gasteiger partial charge >= 0.3 is 0 Å². The standard InChI is InChI=1S/C32H45N3O7/c1-8-12-34-29-23-13-18(2)14-27(42-7)30(38)21(5)15-20(4)22(16-28(33)37)26(41-6)11-9-10-19(3)32(40)35-24(31(23)39)17-25(29)36/h8-11,15,17-18,21-22,26-27,30,34,38H,1,12-14,16H2,2-7H3,(H2,33,37)(H,35,40)/b11-9-,19-10+,20-15+. The van der Waals surface area contributed by atoms with Gasteiger partial charge in [-0.3, -0.25) is 19.2 Å². The summed E-state index contributed by atoms with van der Waals surface area (Å²) in [6.07, 6.45) is 8.05. The number of nitrogens with one attached hydrogen (secondary N) is 2. The zero-order valence-corrected chi connectivity index (χ0v) is 25.4. The maximum atomic E-state index is 13.6. The number of aliphatic hydroxyl groups is 1. The lowest BCUT2D eigenvalue weighted by Gasteiger charge is -2.30. The van der Waals surface area contributed by atoms with Crippen LogP contribution in [0.2, 0.25) is 0 Å². The average molecular weight is 584 g/mol. The number of aliphatic hydroxyl groups excluding tert-OH is 1. The van der Waals surface area contributed by atoms with Crippen molar-refractivity contribution in [3.05, 3.63) is 71.1 Å². The van der Waals surface area contributed by atoms with Crippen LogP contribution in [-0.4, -0.2) is 67.6 Å². The third-order valence-corrected chi connectivity index (χ3v) is 7.63. The molecule has 2 aliphatic rings. The molecule has 10 nitrogen and oxygen atoms in total. The fourth-order valence-corrected chi connectivity index (χ4v) is 5.26. The number of carbonyl (C=O) groups is 4. The van der Waals surface area contributed by atoms with E-state index in [1.54, 1.807) is 31.2 Å². The van der Waals surface area contributed by atoms with E-state index >= 15 is 0 Å². The highest BCUT2D eigenvalue weighted by Gasteiger charge is 2.33. The molecule has 1 heterocycles. The molecule has 2 amide bonds. The molecule has 0 fully saturated rings. The molecular weight excluding hydrogens is 538 g/mol. The van der Waals surface area contributed by atoms with Crippen LogP contribution in [0, 0.1) is 17.8 Å². The smallest absolute Gasteiger partial charge is 0.251 e. The van der Waals surface area contributed by atoms with Crippen molar-refractivity contribution in [3.63, 3.8) is 0 Å². The van der Waals surface area contributed by atoms with E-state index in [9.17, 15) is 24.3 Å². The van der Waals surface area contributed by atoms with E-state index in [-0.39, 0.29) is 53.8 Å². The fourth-order valence-electron chi connectivity index (χ4n) is 5.26. The Balaban J connectivity index is 2.62. The molecule has 0 aromatic heterocycles. The minimum Gasteiger partial charge on any atom is -0.390 e. The Morgan fingerprint density at radius 2 is 1.90 bits per heavy atom. The Kier molecular flexibility index (Phi) is 13.3. The average Bonchev–Trinajstić information content (AvgIpc) is 2.94. The molecule has 2 rings (SSSR count). The molecule has 6 unspecified atom stereocenters. The summed E-state index contributed by atoms with van der Waals surface area (Å²) in [5.74, 6) is -2.89. The molecule has 1 aliphatic heterocycles. The van der Waals surface area contributed by atoms with Gasteiger partial charge in [0.25, 0.3) is 5.91 Å². The number of hydrogen-bond acceptors (Lipinski definition) is 8. The van der Waals surface area contributed by atoms with Crippen molar-refractivity contribution in [3.8, 4) is 0 Å². The van der Waals surface area contributed by atoms with Gasteiger partial charge in [0, 0.05) is 56.2 Å². The number of rotatable bonds is 7. The van der Waals surface area contributed by atoms with Crippen molar-refractivity contribution >= 4 is 23.4 Å². The first-order valence-corrected chi connectivity index (χ1v) is 14.1. The van der Waals surface area contributed by atoms with Crippen LogP contribution < -0.4 is 16.4 Å². The van der Waals surface area contributed by atoms with Crippen LogP contribution >= 0.6 is 0 Å². The number of methoxy groups -OCH3 is 2. The van der Waals surface area contributed by atoms with Crippen molar-refractivity contribution in [2.24, 2.45) is 23.5 Å². The minimum atomic E-state index is -0.906. The fraction of sp³-hybridized carbons (Fsp3) is 0.500. The molecule has 1 aliphatic carbocycles. The summed E-state index contributed by atoms with van der Waals surface area (Å²) in [5, 5.41) is 16.8. The van der Waals surface area contributed by atoms with E-state index in [1.165, 1.54) is 14.2 Å². The number of primary amides is 1. The highest BCUT2D eigenvalue weighted by atomic mass is 16.5. The molecular formula is C32H45N3O7. The topological polar surface area (TPSA) is 157 Å². The number of fused-ring (bicyclic) bond motifs is 2. The van der Waals surface area contributed by atoms with Crippen LogP contribution in [0.3, 0.4) is 0 Å². The summed E-state index contributed by atoms with van der Waals surface area (Å²) in [6, 6.07) is 0. The molecule has 0 radical (unpaired) electrons. The van der Waals surface area contributed by atoms with Crippen molar-refractivity contribution < 1.29 is 33.8 Å². The summed E-state index contributed by atoms with van der Waals surface area (Å²) in [6.45, 7) is 11.1. The molecule has 0 spiro atoms. The Labute approximate surface area is 248 Å². The zero-order valence-electron chi connectivity index (χ0n) is 25.4. The van der Waals surface area contributed by atoms with E-state index < -0.39 is 47.6 Å². The predicted molar refractivity (Wildman–Crippen MR) is 161 cm³/mol. The molecule has 10 heteroatoms. The second kappa shape index (κ2) is 16.1. The van der Waals surface area contributed by atoms with Crippen molar-refractivity contribution in [1.29, 1.82) is 0 Å². The lowest BCUT2D eigenvalue weighted by molar-refractivity contribution is -0.120. The lowest BCUT2D eigenvalue weighted by Crippen LogP contribution is -2.37. The van der Waals surface area contributed by atoms with Crippen LogP contribution in [0.15, 0.2) is 71.1 Å². The summed E-state index contributed by atoms with van der Waals surface area (Å²) in [4.78, 5) is 51.5. The first kappa shape index (κ1) is 34.6. The van der Waals surface area contributed by atoms with Crippen molar-refractivity contribution in [2.45, 2.75) is 65.3 Å². The van der Waals surface area contributed by atoms with E-state index in [4.69, 9.17) is 15.2 Å². The van der Waals surface area contributed by atoms with Gasteiger partial charge in [-0.25, -0.2) is 0 Å². The van der Waals surface area contributed by atoms with Gasteiger partial charge in [0.15, 0.2) is 0 Å². The van der Waals surface area contributed by atoms with Gasteiger partial charge < -0.3 is 30.9 Å². The van der Waals surface area contributed by atoms with Crippen LogP contribution in [0.25, 0.3) is 0 Å².